The van der Waals surface area contributed by atoms with E-state index in [1.165, 1.54) is 0 Å². The standard InChI is InChI=1S/C17H14N2O4S/c20-17(21)16-15(12-7-3-1-4-8-12)19(13-9-5-2-6-10-13)14(24-16)11-18(22)23/h1-11,15-16H,(H,20,21)/b14-11-/t15-,16+/m1/s1. The summed E-state index contributed by atoms with van der Waals surface area (Å²) in [6.45, 7) is 0. The first-order chi connectivity index (χ1) is 11.6. The minimum absolute atomic E-state index is 0.312. The normalized spacial score (nSPS) is 21.8. The van der Waals surface area contributed by atoms with Crippen molar-refractivity contribution in [1.29, 1.82) is 0 Å². The predicted octanol–water partition coefficient (Wildman–Crippen LogP) is 3.51. The average Bonchev–Trinajstić information content (AvgIpc) is 2.95. The van der Waals surface area contributed by atoms with Gasteiger partial charge in [0.2, 0.25) is 0 Å². The van der Waals surface area contributed by atoms with Crippen molar-refractivity contribution >= 4 is 23.4 Å². The van der Waals surface area contributed by atoms with Crippen LogP contribution in [-0.4, -0.2) is 21.2 Å². The van der Waals surface area contributed by atoms with Gasteiger partial charge in [0.05, 0.1) is 11.0 Å². The largest absolute Gasteiger partial charge is 0.480 e. The molecule has 1 saturated heterocycles. The second kappa shape index (κ2) is 6.76. The number of nitrogens with zero attached hydrogens (tertiary/aromatic N) is 2. The summed E-state index contributed by atoms with van der Waals surface area (Å²) >= 11 is 0.999. The minimum Gasteiger partial charge on any atom is -0.480 e. The van der Waals surface area contributed by atoms with Crippen LogP contribution in [0.5, 0.6) is 0 Å². The number of carboxylic acids is 1. The highest BCUT2D eigenvalue weighted by atomic mass is 32.2. The molecule has 0 spiro atoms. The van der Waals surface area contributed by atoms with Gasteiger partial charge < -0.3 is 10.0 Å². The Morgan fingerprint density at radius 1 is 1.12 bits per heavy atom. The molecule has 1 aliphatic rings. The van der Waals surface area contributed by atoms with Gasteiger partial charge in [-0.3, -0.25) is 14.9 Å². The van der Waals surface area contributed by atoms with Gasteiger partial charge in [0, 0.05) is 5.69 Å². The zero-order chi connectivity index (χ0) is 17.1. The molecule has 2 atom stereocenters. The maximum atomic E-state index is 11.7. The number of carbonyl (C=O) groups is 1. The smallest absolute Gasteiger partial charge is 0.319 e. The summed E-state index contributed by atoms with van der Waals surface area (Å²) in [5.74, 6) is -0.999. The number of carboxylic acid groups (broad SMARTS) is 1. The van der Waals surface area contributed by atoms with Gasteiger partial charge in [-0.25, -0.2) is 0 Å². The summed E-state index contributed by atoms with van der Waals surface area (Å²) in [4.78, 5) is 23.9. The van der Waals surface area contributed by atoms with Crippen molar-refractivity contribution in [1.82, 2.24) is 0 Å². The van der Waals surface area contributed by atoms with Crippen LogP contribution < -0.4 is 4.90 Å². The van der Waals surface area contributed by atoms with Crippen LogP contribution in [0.25, 0.3) is 0 Å². The fourth-order valence-electron chi connectivity index (χ4n) is 2.74. The van der Waals surface area contributed by atoms with Crippen LogP contribution in [0.3, 0.4) is 0 Å². The number of hydrogen-bond acceptors (Lipinski definition) is 5. The average molecular weight is 342 g/mol. The van der Waals surface area contributed by atoms with E-state index in [1.54, 1.807) is 4.90 Å². The Hall–Kier alpha value is -2.80. The molecule has 7 heteroatoms. The lowest BCUT2D eigenvalue weighted by atomic mass is 10.0. The highest BCUT2D eigenvalue weighted by molar-refractivity contribution is 8.04. The topological polar surface area (TPSA) is 83.7 Å². The first-order valence-electron chi connectivity index (χ1n) is 7.22. The number of aliphatic carboxylic acids is 1. The lowest BCUT2D eigenvalue weighted by molar-refractivity contribution is -0.402. The summed E-state index contributed by atoms with van der Waals surface area (Å²) < 4.78 is 0. The van der Waals surface area contributed by atoms with E-state index >= 15 is 0 Å². The first kappa shape index (κ1) is 16.1. The second-order valence-electron chi connectivity index (χ2n) is 5.19. The minimum atomic E-state index is -0.999. The molecule has 0 aliphatic carbocycles. The summed E-state index contributed by atoms with van der Waals surface area (Å²) in [7, 11) is 0. The van der Waals surface area contributed by atoms with E-state index in [0.29, 0.717) is 5.03 Å². The van der Waals surface area contributed by atoms with E-state index in [2.05, 4.69) is 0 Å². The Kier molecular flexibility index (Phi) is 4.52. The van der Waals surface area contributed by atoms with E-state index in [4.69, 9.17) is 0 Å². The van der Waals surface area contributed by atoms with Crippen molar-refractivity contribution in [3.8, 4) is 0 Å². The number of rotatable bonds is 4. The van der Waals surface area contributed by atoms with Crippen LogP contribution in [0.15, 0.2) is 71.9 Å². The summed E-state index contributed by atoms with van der Waals surface area (Å²) in [5.41, 5.74) is 1.52. The Morgan fingerprint density at radius 2 is 1.71 bits per heavy atom. The molecular formula is C17H14N2O4S. The number of nitro groups is 1. The molecule has 1 heterocycles. The number of benzene rings is 2. The Bertz CT molecular complexity index is 780. The molecule has 122 valence electrons. The van der Waals surface area contributed by atoms with Crippen LogP contribution in [0.1, 0.15) is 11.6 Å². The first-order valence-corrected chi connectivity index (χ1v) is 8.10. The van der Waals surface area contributed by atoms with Crippen LogP contribution >= 0.6 is 11.8 Å². The molecule has 1 fully saturated rings. The summed E-state index contributed by atoms with van der Waals surface area (Å²) in [5, 5.41) is 20.1. The summed E-state index contributed by atoms with van der Waals surface area (Å²) in [6, 6.07) is 17.8. The highest BCUT2D eigenvalue weighted by Crippen LogP contribution is 2.49. The molecule has 1 aliphatic heterocycles. The van der Waals surface area contributed by atoms with Crippen LogP contribution in [0.4, 0.5) is 5.69 Å². The van der Waals surface area contributed by atoms with Crippen molar-refractivity contribution in [3.63, 3.8) is 0 Å². The lowest BCUT2D eigenvalue weighted by Gasteiger charge is -2.28. The van der Waals surface area contributed by atoms with Crippen LogP contribution in [0.2, 0.25) is 0 Å². The molecule has 0 bridgehead atoms. The predicted molar refractivity (Wildman–Crippen MR) is 92.2 cm³/mol. The molecule has 0 unspecified atom stereocenters. The molecular weight excluding hydrogens is 328 g/mol. The number of anilines is 1. The van der Waals surface area contributed by atoms with Crippen LogP contribution in [0, 0.1) is 10.1 Å². The van der Waals surface area contributed by atoms with E-state index in [0.717, 1.165) is 29.2 Å². The van der Waals surface area contributed by atoms with E-state index in [1.807, 2.05) is 60.7 Å². The molecule has 3 rings (SSSR count). The number of hydrogen-bond donors (Lipinski definition) is 1. The van der Waals surface area contributed by atoms with Gasteiger partial charge in [-0.1, -0.05) is 60.3 Å². The summed E-state index contributed by atoms with van der Waals surface area (Å²) in [6.07, 6.45) is 0.872. The van der Waals surface area contributed by atoms with Crippen molar-refractivity contribution in [2.24, 2.45) is 0 Å². The SMILES string of the molecule is O=C(O)[C@H]1S/C(=C\[N+](=O)[O-])N(c2ccccc2)[C@@H]1c1ccccc1. The van der Waals surface area contributed by atoms with Gasteiger partial charge >= 0.3 is 5.97 Å². The molecule has 2 aromatic rings. The van der Waals surface area contributed by atoms with Gasteiger partial charge in [-0.05, 0) is 17.7 Å². The van der Waals surface area contributed by atoms with E-state index < -0.39 is 22.2 Å². The van der Waals surface area contributed by atoms with Gasteiger partial charge in [-0.15, -0.1) is 0 Å². The molecule has 2 aromatic carbocycles. The zero-order valence-electron chi connectivity index (χ0n) is 12.5. The van der Waals surface area contributed by atoms with Gasteiger partial charge in [-0.2, -0.15) is 0 Å². The third kappa shape index (κ3) is 3.11. The van der Waals surface area contributed by atoms with Gasteiger partial charge in [0.1, 0.15) is 10.3 Å². The van der Waals surface area contributed by atoms with Crippen molar-refractivity contribution in [2.45, 2.75) is 11.3 Å². The maximum Gasteiger partial charge on any atom is 0.319 e. The van der Waals surface area contributed by atoms with Gasteiger partial charge in [0.25, 0.3) is 6.20 Å². The zero-order valence-corrected chi connectivity index (χ0v) is 13.3. The Labute approximate surface area is 142 Å². The number of para-hydroxylation sites is 1. The monoisotopic (exact) mass is 342 g/mol. The van der Waals surface area contributed by atoms with Crippen molar-refractivity contribution in [3.05, 3.63) is 87.6 Å². The molecule has 0 saturated carbocycles. The van der Waals surface area contributed by atoms with E-state index in [-0.39, 0.29) is 0 Å². The highest BCUT2D eigenvalue weighted by Gasteiger charge is 2.45. The van der Waals surface area contributed by atoms with Crippen molar-refractivity contribution in [2.75, 3.05) is 4.90 Å². The quantitative estimate of drug-likeness (QED) is 0.676. The molecule has 0 aromatic heterocycles. The molecule has 6 nitrogen and oxygen atoms in total. The second-order valence-corrected chi connectivity index (χ2v) is 6.35. The number of thioether (sulfide) groups is 1. The molecule has 0 amide bonds. The third-order valence-electron chi connectivity index (χ3n) is 3.68. The Morgan fingerprint density at radius 3 is 2.25 bits per heavy atom. The molecule has 0 radical (unpaired) electrons. The van der Waals surface area contributed by atoms with Gasteiger partial charge in [0.15, 0.2) is 0 Å². The lowest BCUT2D eigenvalue weighted by Crippen LogP contribution is -2.30. The maximum absolute atomic E-state index is 11.7. The Balaban J connectivity index is 2.16. The molecule has 24 heavy (non-hydrogen) atoms. The molecule has 1 N–H and O–H groups in total. The van der Waals surface area contributed by atoms with E-state index in [9.17, 15) is 20.0 Å². The van der Waals surface area contributed by atoms with Crippen LogP contribution in [-0.2, 0) is 4.79 Å². The third-order valence-corrected chi connectivity index (χ3v) is 4.94. The fraction of sp³-hybridized carbons (Fsp3) is 0.118. The van der Waals surface area contributed by atoms with Crippen molar-refractivity contribution < 1.29 is 14.8 Å². The fourth-order valence-corrected chi connectivity index (χ4v) is 3.99.